The lowest BCUT2D eigenvalue weighted by atomic mass is 9.69. The van der Waals surface area contributed by atoms with Crippen LogP contribution in [0.3, 0.4) is 0 Å². The van der Waals surface area contributed by atoms with Crippen LogP contribution in [0.4, 0.5) is 4.39 Å². The number of allylic oxidation sites excluding steroid dienone is 3. The van der Waals surface area contributed by atoms with E-state index in [4.69, 9.17) is 14.2 Å². The Morgan fingerprint density at radius 1 is 1.16 bits per heavy atom. The lowest BCUT2D eigenvalue weighted by molar-refractivity contribution is -0.151. The van der Waals surface area contributed by atoms with E-state index in [-0.39, 0.29) is 24.7 Å². The van der Waals surface area contributed by atoms with Crippen LogP contribution < -0.4 is 5.32 Å². The van der Waals surface area contributed by atoms with Crippen LogP contribution in [-0.2, 0) is 28.6 Å². The number of carbonyl (C=O) groups excluding carboxylic acids is 3. The molecule has 1 aliphatic heterocycles. The van der Waals surface area contributed by atoms with Gasteiger partial charge in [0.1, 0.15) is 18.3 Å². The molecule has 1 N–H and O–H groups in total. The number of hydrogen-bond donors (Lipinski definition) is 1. The highest BCUT2D eigenvalue weighted by Crippen LogP contribution is 2.45. The Bertz CT molecular complexity index is 949. The second-order valence-electron chi connectivity index (χ2n) is 7.72. The van der Waals surface area contributed by atoms with Gasteiger partial charge in [-0.3, -0.25) is 9.59 Å². The summed E-state index contributed by atoms with van der Waals surface area (Å²) in [6, 6.07) is 5.61. The maximum Gasteiger partial charge on any atom is 0.336 e. The smallest absolute Gasteiger partial charge is 0.336 e. The Hall–Kier alpha value is -3.00. The molecule has 0 saturated heterocycles. The second kappa shape index (κ2) is 9.43. The van der Waals surface area contributed by atoms with E-state index in [1.54, 1.807) is 6.92 Å². The average Bonchev–Trinajstić information content (AvgIpc) is 2.73. The highest BCUT2D eigenvalue weighted by Gasteiger charge is 2.47. The fourth-order valence-corrected chi connectivity index (χ4v) is 4.24. The summed E-state index contributed by atoms with van der Waals surface area (Å²) in [6.07, 6.45) is 0.432. The first-order valence-corrected chi connectivity index (χ1v) is 10.0. The molecule has 8 heteroatoms. The monoisotopic (exact) mass is 431 g/mol. The zero-order valence-corrected chi connectivity index (χ0v) is 18.0. The first-order chi connectivity index (χ1) is 14.8. The van der Waals surface area contributed by atoms with E-state index in [1.807, 2.05) is 6.92 Å². The molecule has 0 unspecified atom stereocenters. The molecule has 0 saturated carbocycles. The molecule has 1 heterocycles. The van der Waals surface area contributed by atoms with Crippen molar-refractivity contribution in [3.63, 3.8) is 0 Å². The minimum absolute atomic E-state index is 0.0456. The van der Waals surface area contributed by atoms with E-state index < -0.39 is 35.4 Å². The third-order valence-corrected chi connectivity index (χ3v) is 5.69. The number of nitrogens with one attached hydrogen (secondary N) is 1. The van der Waals surface area contributed by atoms with Crippen LogP contribution in [0, 0.1) is 17.7 Å². The molecule has 0 aromatic heterocycles. The van der Waals surface area contributed by atoms with Gasteiger partial charge in [-0.05, 0) is 37.0 Å². The first-order valence-electron chi connectivity index (χ1n) is 10.0. The van der Waals surface area contributed by atoms with E-state index in [0.29, 0.717) is 29.0 Å². The third-order valence-electron chi connectivity index (χ3n) is 5.69. The average molecular weight is 431 g/mol. The van der Waals surface area contributed by atoms with Gasteiger partial charge in [-0.15, -0.1) is 0 Å². The summed E-state index contributed by atoms with van der Waals surface area (Å²) in [5, 5.41) is 3.17. The van der Waals surface area contributed by atoms with Crippen LogP contribution in [0.25, 0.3) is 0 Å². The third kappa shape index (κ3) is 4.39. The number of benzene rings is 1. The van der Waals surface area contributed by atoms with Gasteiger partial charge in [0.15, 0.2) is 5.78 Å². The van der Waals surface area contributed by atoms with E-state index in [1.165, 1.54) is 38.5 Å². The van der Waals surface area contributed by atoms with Crippen molar-refractivity contribution in [2.24, 2.45) is 11.8 Å². The van der Waals surface area contributed by atoms with Crippen molar-refractivity contribution in [3.8, 4) is 0 Å². The zero-order chi connectivity index (χ0) is 22.7. The second-order valence-corrected chi connectivity index (χ2v) is 7.72. The topological polar surface area (TPSA) is 90.9 Å². The van der Waals surface area contributed by atoms with Gasteiger partial charge in [-0.25, -0.2) is 9.18 Å². The molecule has 1 aliphatic carbocycles. The Kier molecular flexibility index (Phi) is 6.90. The fourth-order valence-electron chi connectivity index (χ4n) is 4.24. The number of ketones is 1. The summed E-state index contributed by atoms with van der Waals surface area (Å²) in [5.74, 6) is -4.11. The van der Waals surface area contributed by atoms with E-state index in [2.05, 4.69) is 5.32 Å². The SMILES string of the molecule is COCCOC(=O)C1=C(C)NC2=C(C(=O)[C@@H](C(=O)OC)[C@@H](C)C2)[C@@H]1c1ccc(F)cc1. The Balaban J connectivity index is 2.11. The van der Waals surface area contributed by atoms with Crippen LogP contribution in [0.5, 0.6) is 0 Å². The van der Waals surface area contributed by atoms with Gasteiger partial charge < -0.3 is 19.5 Å². The summed E-state index contributed by atoms with van der Waals surface area (Å²) in [7, 11) is 2.74. The number of Topliss-reactive ketones (excluding diaryl/α,β-unsaturated/α-hetero) is 1. The predicted octanol–water partition coefficient (Wildman–Crippen LogP) is 2.63. The van der Waals surface area contributed by atoms with Gasteiger partial charge in [0.2, 0.25) is 0 Å². The summed E-state index contributed by atoms with van der Waals surface area (Å²) < 4.78 is 28.7. The lowest BCUT2D eigenvalue weighted by Gasteiger charge is -2.38. The fraction of sp³-hybridized carbons (Fsp3) is 0.435. The molecule has 3 rings (SSSR count). The molecule has 0 amide bonds. The summed E-state index contributed by atoms with van der Waals surface area (Å²) in [6.45, 7) is 3.81. The van der Waals surface area contributed by atoms with Gasteiger partial charge in [0.05, 0.1) is 19.3 Å². The van der Waals surface area contributed by atoms with Crippen molar-refractivity contribution in [2.45, 2.75) is 26.2 Å². The van der Waals surface area contributed by atoms with E-state index in [0.717, 1.165) is 0 Å². The molecule has 0 fully saturated rings. The van der Waals surface area contributed by atoms with Gasteiger partial charge in [0, 0.05) is 30.0 Å². The van der Waals surface area contributed by atoms with E-state index in [9.17, 15) is 18.8 Å². The maximum atomic E-state index is 13.6. The van der Waals surface area contributed by atoms with Gasteiger partial charge >= 0.3 is 11.9 Å². The molecule has 31 heavy (non-hydrogen) atoms. The van der Waals surface area contributed by atoms with Crippen molar-refractivity contribution in [1.82, 2.24) is 5.32 Å². The molecule has 166 valence electrons. The number of ether oxygens (including phenoxy) is 3. The standard InChI is InChI=1S/C23H26FNO6/c1-12-11-16-20(21(26)17(12)22(27)30-4)19(14-5-7-15(24)8-6-14)18(13(2)25-16)23(28)31-10-9-29-3/h5-8,12,17,19,25H,9-11H2,1-4H3/t12-,17-,19+/m0/s1. The largest absolute Gasteiger partial charge is 0.468 e. The number of rotatable bonds is 6. The quantitative estimate of drug-likeness (QED) is 0.421. The number of dihydropyridines is 1. The molecule has 0 radical (unpaired) electrons. The van der Waals surface area contributed by atoms with Crippen molar-refractivity contribution in [1.29, 1.82) is 0 Å². The Morgan fingerprint density at radius 3 is 2.45 bits per heavy atom. The molecule has 0 spiro atoms. The molecule has 0 bridgehead atoms. The zero-order valence-electron chi connectivity index (χ0n) is 18.0. The van der Waals surface area contributed by atoms with Gasteiger partial charge in [-0.1, -0.05) is 19.1 Å². The summed E-state index contributed by atoms with van der Waals surface area (Å²) in [5.41, 5.74) is 2.31. The highest BCUT2D eigenvalue weighted by molar-refractivity contribution is 6.12. The van der Waals surface area contributed by atoms with Crippen molar-refractivity contribution < 1.29 is 33.0 Å². The van der Waals surface area contributed by atoms with Crippen LogP contribution in [0.1, 0.15) is 31.7 Å². The predicted molar refractivity (Wildman–Crippen MR) is 109 cm³/mol. The van der Waals surface area contributed by atoms with Crippen LogP contribution in [0.2, 0.25) is 0 Å². The highest BCUT2D eigenvalue weighted by atomic mass is 19.1. The van der Waals surface area contributed by atoms with Crippen molar-refractivity contribution in [3.05, 3.63) is 58.2 Å². The number of methoxy groups -OCH3 is 2. The Labute approximate surface area is 180 Å². The minimum Gasteiger partial charge on any atom is -0.468 e. The number of carbonyl (C=O) groups is 3. The molecular formula is C23H26FNO6. The molecule has 3 atom stereocenters. The summed E-state index contributed by atoms with van der Waals surface area (Å²) in [4.78, 5) is 38.8. The molecule has 7 nitrogen and oxygen atoms in total. The molecular weight excluding hydrogens is 405 g/mol. The van der Waals surface area contributed by atoms with E-state index >= 15 is 0 Å². The molecule has 2 aliphatic rings. The number of esters is 2. The molecule has 1 aromatic carbocycles. The van der Waals surface area contributed by atoms with Gasteiger partial charge in [-0.2, -0.15) is 0 Å². The summed E-state index contributed by atoms with van der Waals surface area (Å²) >= 11 is 0. The number of halogens is 1. The molecule has 1 aromatic rings. The Morgan fingerprint density at radius 2 is 1.84 bits per heavy atom. The first kappa shape index (κ1) is 22.7. The van der Waals surface area contributed by atoms with Gasteiger partial charge in [0.25, 0.3) is 0 Å². The minimum atomic E-state index is -0.974. The number of hydrogen-bond acceptors (Lipinski definition) is 7. The lowest BCUT2D eigenvalue weighted by Crippen LogP contribution is -2.43. The maximum absolute atomic E-state index is 13.6. The van der Waals surface area contributed by atoms with Crippen LogP contribution in [0.15, 0.2) is 46.8 Å². The van der Waals surface area contributed by atoms with Crippen LogP contribution in [-0.4, -0.2) is 45.2 Å². The van der Waals surface area contributed by atoms with Crippen molar-refractivity contribution in [2.75, 3.05) is 27.4 Å². The van der Waals surface area contributed by atoms with Crippen LogP contribution >= 0.6 is 0 Å². The van der Waals surface area contributed by atoms with Crippen molar-refractivity contribution >= 4 is 17.7 Å². The normalized spacial score (nSPS) is 23.3.